The Morgan fingerprint density at radius 2 is 1.70 bits per heavy atom. The van der Waals surface area contributed by atoms with Gasteiger partial charge in [-0.3, -0.25) is 4.79 Å². The summed E-state index contributed by atoms with van der Waals surface area (Å²) in [6.45, 7) is 1.33. The molecule has 0 saturated carbocycles. The van der Waals surface area contributed by atoms with Crippen molar-refractivity contribution in [3.05, 3.63) is 52.5 Å². The molecule has 0 bridgehead atoms. The predicted octanol–water partition coefficient (Wildman–Crippen LogP) is 2.32. The highest BCUT2D eigenvalue weighted by molar-refractivity contribution is 9.10. The van der Waals surface area contributed by atoms with E-state index >= 15 is 0 Å². The number of ether oxygens (including phenoxy) is 2. The van der Waals surface area contributed by atoms with E-state index in [4.69, 9.17) is 9.47 Å². The van der Waals surface area contributed by atoms with Gasteiger partial charge in [0, 0.05) is 36.2 Å². The van der Waals surface area contributed by atoms with Crippen LogP contribution in [0.25, 0.3) is 0 Å². The quantitative estimate of drug-likeness (QED) is 0.713. The SMILES string of the molecule is O=C(c1ccc2c(c1)OCO2)N1CCN(S(=O)(=O)c2cccc(Br)c2)CC1. The summed E-state index contributed by atoms with van der Waals surface area (Å²) in [5, 5.41) is 0. The minimum Gasteiger partial charge on any atom is -0.454 e. The maximum atomic E-state index is 12.8. The summed E-state index contributed by atoms with van der Waals surface area (Å²) < 4.78 is 38.3. The zero-order valence-electron chi connectivity index (χ0n) is 14.3. The van der Waals surface area contributed by atoms with E-state index in [1.54, 1.807) is 47.4 Å². The Kier molecular flexibility index (Phi) is 4.83. The van der Waals surface area contributed by atoms with Gasteiger partial charge < -0.3 is 14.4 Å². The Bertz CT molecular complexity index is 987. The van der Waals surface area contributed by atoms with Gasteiger partial charge in [0.05, 0.1) is 4.90 Å². The molecule has 4 rings (SSSR count). The van der Waals surface area contributed by atoms with Crippen LogP contribution in [0, 0.1) is 0 Å². The number of sulfonamides is 1. The molecule has 0 spiro atoms. The van der Waals surface area contributed by atoms with Crippen LogP contribution in [0.15, 0.2) is 51.8 Å². The van der Waals surface area contributed by atoms with Gasteiger partial charge in [0.25, 0.3) is 5.91 Å². The molecule has 142 valence electrons. The molecular weight excluding hydrogens is 436 g/mol. The number of piperazine rings is 1. The number of rotatable bonds is 3. The van der Waals surface area contributed by atoms with E-state index in [0.29, 0.717) is 34.6 Å². The topological polar surface area (TPSA) is 76.2 Å². The molecule has 0 aliphatic carbocycles. The van der Waals surface area contributed by atoms with Crippen molar-refractivity contribution in [3.8, 4) is 11.5 Å². The van der Waals surface area contributed by atoms with Gasteiger partial charge in [0.15, 0.2) is 11.5 Å². The van der Waals surface area contributed by atoms with Crippen molar-refractivity contribution in [1.82, 2.24) is 9.21 Å². The second-order valence-electron chi connectivity index (χ2n) is 6.22. The average molecular weight is 453 g/mol. The molecule has 0 unspecified atom stereocenters. The van der Waals surface area contributed by atoms with Gasteiger partial charge >= 0.3 is 0 Å². The first kappa shape index (κ1) is 18.3. The lowest BCUT2D eigenvalue weighted by molar-refractivity contribution is 0.0697. The molecule has 2 aromatic rings. The van der Waals surface area contributed by atoms with Crippen LogP contribution in [0.3, 0.4) is 0 Å². The fraction of sp³-hybridized carbons (Fsp3) is 0.278. The summed E-state index contributed by atoms with van der Waals surface area (Å²) >= 11 is 3.30. The molecular formula is C18H17BrN2O5S. The summed E-state index contributed by atoms with van der Waals surface area (Å²) in [5.41, 5.74) is 0.502. The van der Waals surface area contributed by atoms with E-state index in [2.05, 4.69) is 15.9 Å². The van der Waals surface area contributed by atoms with Crippen LogP contribution in [0.1, 0.15) is 10.4 Å². The van der Waals surface area contributed by atoms with Gasteiger partial charge in [0.1, 0.15) is 0 Å². The molecule has 1 amide bonds. The molecule has 1 saturated heterocycles. The molecule has 0 aromatic heterocycles. The number of nitrogens with zero attached hydrogens (tertiary/aromatic N) is 2. The maximum Gasteiger partial charge on any atom is 0.254 e. The summed E-state index contributed by atoms with van der Waals surface area (Å²) in [7, 11) is -3.58. The summed E-state index contributed by atoms with van der Waals surface area (Å²) in [6, 6.07) is 11.7. The second-order valence-corrected chi connectivity index (χ2v) is 9.08. The van der Waals surface area contributed by atoms with Crippen LogP contribution in [-0.2, 0) is 10.0 Å². The van der Waals surface area contributed by atoms with E-state index in [9.17, 15) is 13.2 Å². The number of halogens is 1. The maximum absolute atomic E-state index is 12.8. The number of hydrogen-bond donors (Lipinski definition) is 0. The highest BCUT2D eigenvalue weighted by atomic mass is 79.9. The van der Waals surface area contributed by atoms with E-state index < -0.39 is 10.0 Å². The van der Waals surface area contributed by atoms with Crippen molar-refractivity contribution in [2.24, 2.45) is 0 Å². The number of hydrogen-bond acceptors (Lipinski definition) is 5. The first-order chi connectivity index (χ1) is 12.9. The Labute approximate surface area is 165 Å². The fourth-order valence-electron chi connectivity index (χ4n) is 3.12. The van der Waals surface area contributed by atoms with Crippen LogP contribution < -0.4 is 9.47 Å². The summed E-state index contributed by atoms with van der Waals surface area (Å²) in [4.78, 5) is 14.6. The van der Waals surface area contributed by atoms with E-state index in [1.807, 2.05) is 0 Å². The van der Waals surface area contributed by atoms with Crippen molar-refractivity contribution in [2.45, 2.75) is 4.90 Å². The zero-order chi connectivity index (χ0) is 19.0. The number of carbonyl (C=O) groups excluding carboxylic acids is 1. The Morgan fingerprint density at radius 3 is 2.44 bits per heavy atom. The second kappa shape index (κ2) is 7.14. The van der Waals surface area contributed by atoms with Crippen LogP contribution >= 0.6 is 15.9 Å². The van der Waals surface area contributed by atoms with Gasteiger partial charge in [-0.1, -0.05) is 22.0 Å². The standard InChI is InChI=1S/C18H17BrN2O5S/c19-14-2-1-3-15(11-14)27(23,24)21-8-6-20(7-9-21)18(22)13-4-5-16-17(10-13)26-12-25-16/h1-5,10-11H,6-9,12H2. The monoisotopic (exact) mass is 452 g/mol. The first-order valence-corrected chi connectivity index (χ1v) is 10.6. The third kappa shape index (κ3) is 3.54. The van der Waals surface area contributed by atoms with Crippen LogP contribution in [0.2, 0.25) is 0 Å². The molecule has 7 nitrogen and oxygen atoms in total. The number of fused-ring (bicyclic) bond motifs is 1. The van der Waals surface area contributed by atoms with E-state index in [1.165, 1.54) is 4.31 Å². The van der Waals surface area contributed by atoms with E-state index in [0.717, 1.165) is 0 Å². The fourth-order valence-corrected chi connectivity index (χ4v) is 5.14. The van der Waals surface area contributed by atoms with Crippen LogP contribution in [-0.4, -0.2) is 56.5 Å². The van der Waals surface area contributed by atoms with Gasteiger partial charge in [-0.2, -0.15) is 4.31 Å². The van der Waals surface area contributed by atoms with Crippen molar-refractivity contribution in [1.29, 1.82) is 0 Å². The molecule has 27 heavy (non-hydrogen) atoms. The number of amides is 1. The molecule has 0 radical (unpaired) electrons. The van der Waals surface area contributed by atoms with Crippen molar-refractivity contribution in [2.75, 3.05) is 33.0 Å². The molecule has 2 aliphatic rings. The predicted molar refractivity (Wildman–Crippen MR) is 101 cm³/mol. The van der Waals surface area contributed by atoms with Crippen LogP contribution in [0.5, 0.6) is 11.5 Å². The molecule has 2 aliphatic heterocycles. The molecule has 0 atom stereocenters. The number of carbonyl (C=O) groups is 1. The van der Waals surface area contributed by atoms with Gasteiger partial charge in [-0.05, 0) is 36.4 Å². The minimum atomic E-state index is -3.58. The molecule has 2 aromatic carbocycles. The Morgan fingerprint density at radius 1 is 0.963 bits per heavy atom. The van der Waals surface area contributed by atoms with Gasteiger partial charge in [-0.15, -0.1) is 0 Å². The molecule has 1 fully saturated rings. The number of benzene rings is 2. The highest BCUT2D eigenvalue weighted by Crippen LogP contribution is 2.33. The normalized spacial score (nSPS) is 17.1. The van der Waals surface area contributed by atoms with Gasteiger partial charge in [-0.25, -0.2) is 8.42 Å². The van der Waals surface area contributed by atoms with E-state index in [-0.39, 0.29) is 30.7 Å². The lowest BCUT2D eigenvalue weighted by Crippen LogP contribution is -2.50. The third-order valence-electron chi connectivity index (χ3n) is 4.58. The van der Waals surface area contributed by atoms with Gasteiger partial charge in [0.2, 0.25) is 16.8 Å². The molecule has 0 N–H and O–H groups in total. The largest absolute Gasteiger partial charge is 0.454 e. The van der Waals surface area contributed by atoms with Crippen molar-refractivity contribution < 1.29 is 22.7 Å². The summed E-state index contributed by atoms with van der Waals surface area (Å²) in [6.07, 6.45) is 0. The third-order valence-corrected chi connectivity index (χ3v) is 6.97. The minimum absolute atomic E-state index is 0.146. The van der Waals surface area contributed by atoms with Crippen molar-refractivity contribution >= 4 is 31.9 Å². The highest BCUT2D eigenvalue weighted by Gasteiger charge is 2.31. The van der Waals surface area contributed by atoms with Crippen LogP contribution in [0.4, 0.5) is 0 Å². The van der Waals surface area contributed by atoms with Crippen molar-refractivity contribution in [3.63, 3.8) is 0 Å². The lowest BCUT2D eigenvalue weighted by atomic mass is 10.1. The lowest BCUT2D eigenvalue weighted by Gasteiger charge is -2.34. The zero-order valence-corrected chi connectivity index (χ0v) is 16.7. The average Bonchev–Trinajstić information content (AvgIpc) is 3.15. The molecule has 2 heterocycles. The Balaban J connectivity index is 1.45. The smallest absolute Gasteiger partial charge is 0.254 e. The Hall–Kier alpha value is -2.10. The molecule has 9 heteroatoms. The summed E-state index contributed by atoms with van der Waals surface area (Å²) in [5.74, 6) is 1.03. The first-order valence-electron chi connectivity index (χ1n) is 8.40.